The number of carbonyl (C=O) groups excluding carboxylic acids is 1. The zero-order chi connectivity index (χ0) is 16.4. The molecule has 1 aliphatic rings. The lowest BCUT2D eigenvalue weighted by Crippen LogP contribution is -2.16. The molecule has 24 heavy (non-hydrogen) atoms. The van der Waals surface area contributed by atoms with E-state index in [4.69, 9.17) is 4.74 Å². The molecule has 1 fully saturated rings. The van der Waals surface area contributed by atoms with Crippen molar-refractivity contribution in [3.63, 3.8) is 0 Å². The number of nitrogens with one attached hydrogen (secondary N) is 1. The van der Waals surface area contributed by atoms with Crippen molar-refractivity contribution in [2.75, 3.05) is 16.8 Å². The van der Waals surface area contributed by atoms with Gasteiger partial charge in [0.15, 0.2) is 0 Å². The van der Waals surface area contributed by atoms with Crippen molar-refractivity contribution >= 4 is 46.1 Å². The third kappa shape index (κ3) is 3.20. The van der Waals surface area contributed by atoms with Crippen LogP contribution in [0.2, 0.25) is 0 Å². The second-order valence-corrected chi connectivity index (χ2v) is 7.06. The van der Waals surface area contributed by atoms with Crippen LogP contribution in [0.5, 0.6) is 5.88 Å². The Morgan fingerprint density at radius 2 is 2.21 bits per heavy atom. The van der Waals surface area contributed by atoms with E-state index in [1.165, 1.54) is 6.20 Å². The maximum Gasteiger partial charge on any atom is 0.257 e. The van der Waals surface area contributed by atoms with Crippen molar-refractivity contribution in [2.24, 2.45) is 0 Å². The van der Waals surface area contributed by atoms with Gasteiger partial charge in [-0.3, -0.25) is 4.79 Å². The molecule has 3 aromatic rings. The first kappa shape index (κ1) is 15.3. The molecule has 0 spiro atoms. The third-order valence-corrected chi connectivity index (χ3v) is 5.38. The number of thioether (sulfide) groups is 1. The predicted octanol–water partition coefficient (Wildman–Crippen LogP) is 3.22. The minimum Gasteiger partial charge on any atom is -0.473 e. The number of hydrogen-bond donors (Lipinski definition) is 1. The van der Waals surface area contributed by atoms with Gasteiger partial charge in [-0.1, -0.05) is 6.07 Å². The van der Waals surface area contributed by atoms with Crippen molar-refractivity contribution in [3.8, 4) is 5.88 Å². The largest absolute Gasteiger partial charge is 0.473 e. The van der Waals surface area contributed by atoms with Crippen LogP contribution < -0.4 is 10.1 Å². The number of pyridine rings is 1. The number of hydrogen-bond acceptors (Lipinski definition) is 7. The molecule has 0 radical (unpaired) electrons. The third-order valence-electron chi connectivity index (χ3n) is 3.71. The van der Waals surface area contributed by atoms with Gasteiger partial charge in [0, 0.05) is 18.0 Å². The predicted molar refractivity (Wildman–Crippen MR) is 96.0 cm³/mol. The standard InChI is InChI=1S/C16H14N4O2S2/c21-16(18-12-2-1-3-13-15(12)20-24-19-13)10-4-5-14(17-8-10)22-11-6-7-23-9-11/h1-5,8,11H,6-7,9H2,(H,18,21). The fourth-order valence-corrected chi connectivity index (χ4v) is 4.11. The smallest absolute Gasteiger partial charge is 0.257 e. The summed E-state index contributed by atoms with van der Waals surface area (Å²) < 4.78 is 14.2. The Morgan fingerprint density at radius 1 is 1.25 bits per heavy atom. The van der Waals surface area contributed by atoms with Crippen molar-refractivity contribution in [3.05, 3.63) is 42.1 Å². The quantitative estimate of drug-likeness (QED) is 0.772. The topological polar surface area (TPSA) is 77.0 Å². The van der Waals surface area contributed by atoms with Crippen LogP contribution in [0.15, 0.2) is 36.5 Å². The van der Waals surface area contributed by atoms with Crippen LogP contribution in [-0.2, 0) is 0 Å². The molecule has 1 atom stereocenters. The lowest BCUT2D eigenvalue weighted by atomic mass is 10.2. The van der Waals surface area contributed by atoms with Crippen LogP contribution in [0.3, 0.4) is 0 Å². The summed E-state index contributed by atoms with van der Waals surface area (Å²) >= 11 is 3.01. The summed E-state index contributed by atoms with van der Waals surface area (Å²) in [5.41, 5.74) is 2.59. The van der Waals surface area contributed by atoms with E-state index in [1.54, 1.807) is 12.1 Å². The van der Waals surface area contributed by atoms with Gasteiger partial charge in [0.2, 0.25) is 5.88 Å². The van der Waals surface area contributed by atoms with Crippen molar-refractivity contribution in [2.45, 2.75) is 12.5 Å². The lowest BCUT2D eigenvalue weighted by Gasteiger charge is -2.11. The van der Waals surface area contributed by atoms with E-state index in [-0.39, 0.29) is 12.0 Å². The number of amides is 1. The number of nitrogens with zero attached hydrogens (tertiary/aromatic N) is 3. The molecular formula is C16H14N4O2S2. The number of rotatable bonds is 4. The van der Waals surface area contributed by atoms with E-state index in [1.807, 2.05) is 30.0 Å². The first-order valence-electron chi connectivity index (χ1n) is 7.53. The Hall–Kier alpha value is -2.19. The molecule has 1 saturated heterocycles. The number of aromatic nitrogens is 3. The summed E-state index contributed by atoms with van der Waals surface area (Å²) in [5.74, 6) is 2.45. The zero-order valence-electron chi connectivity index (χ0n) is 12.6. The van der Waals surface area contributed by atoms with E-state index < -0.39 is 0 Å². The molecule has 2 aromatic heterocycles. The van der Waals surface area contributed by atoms with Gasteiger partial charge in [-0.05, 0) is 30.4 Å². The molecule has 8 heteroatoms. The van der Waals surface area contributed by atoms with Crippen molar-refractivity contribution in [1.82, 2.24) is 13.7 Å². The van der Waals surface area contributed by atoms with Crippen molar-refractivity contribution < 1.29 is 9.53 Å². The number of ether oxygens (including phenoxy) is 1. The molecule has 0 saturated carbocycles. The van der Waals surface area contributed by atoms with Crippen LogP contribution in [0.4, 0.5) is 5.69 Å². The highest BCUT2D eigenvalue weighted by atomic mass is 32.2. The van der Waals surface area contributed by atoms with Crippen LogP contribution >= 0.6 is 23.5 Å². The summed E-state index contributed by atoms with van der Waals surface area (Å²) in [7, 11) is 0. The Balaban J connectivity index is 1.47. The number of benzene rings is 1. The van der Waals surface area contributed by atoms with E-state index in [2.05, 4.69) is 19.0 Å². The first-order chi connectivity index (χ1) is 11.8. The van der Waals surface area contributed by atoms with Gasteiger partial charge in [-0.25, -0.2) is 4.98 Å². The second kappa shape index (κ2) is 6.74. The number of carbonyl (C=O) groups is 1. The van der Waals surface area contributed by atoms with Crippen LogP contribution in [0, 0.1) is 0 Å². The van der Waals surface area contributed by atoms with Crippen molar-refractivity contribution in [1.29, 1.82) is 0 Å². The second-order valence-electron chi connectivity index (χ2n) is 5.38. The highest BCUT2D eigenvalue weighted by molar-refractivity contribution is 7.99. The molecule has 3 heterocycles. The molecule has 4 rings (SSSR count). The average Bonchev–Trinajstić information content (AvgIpc) is 3.27. The van der Waals surface area contributed by atoms with Gasteiger partial charge < -0.3 is 10.1 Å². The van der Waals surface area contributed by atoms with Crippen LogP contribution in [-0.4, -0.2) is 37.2 Å². The Morgan fingerprint density at radius 3 is 3.00 bits per heavy atom. The molecule has 1 aromatic carbocycles. The highest BCUT2D eigenvalue weighted by Gasteiger charge is 2.18. The van der Waals surface area contributed by atoms with Gasteiger partial charge in [0.1, 0.15) is 17.1 Å². The van der Waals surface area contributed by atoms with Gasteiger partial charge in [-0.2, -0.15) is 20.5 Å². The van der Waals surface area contributed by atoms with Gasteiger partial charge in [0.25, 0.3) is 5.91 Å². The molecule has 1 aliphatic heterocycles. The van der Waals surface area contributed by atoms with Gasteiger partial charge in [0.05, 0.1) is 23.0 Å². The Bertz CT molecular complexity index is 860. The summed E-state index contributed by atoms with van der Waals surface area (Å²) in [6, 6.07) is 8.98. The average molecular weight is 358 g/mol. The summed E-state index contributed by atoms with van der Waals surface area (Å²) in [6.45, 7) is 0. The van der Waals surface area contributed by atoms with E-state index in [0.29, 0.717) is 22.6 Å². The summed E-state index contributed by atoms with van der Waals surface area (Å²) in [6.07, 6.45) is 2.80. The maximum absolute atomic E-state index is 12.4. The molecule has 1 amide bonds. The Labute approximate surface area is 147 Å². The fourth-order valence-electron chi connectivity index (χ4n) is 2.46. The lowest BCUT2D eigenvalue weighted by molar-refractivity contribution is 0.102. The van der Waals surface area contributed by atoms with Gasteiger partial charge >= 0.3 is 0 Å². The normalized spacial score (nSPS) is 17.1. The van der Waals surface area contributed by atoms with E-state index in [0.717, 1.165) is 35.2 Å². The highest BCUT2D eigenvalue weighted by Crippen LogP contribution is 2.23. The SMILES string of the molecule is O=C(Nc1cccc2nsnc12)c1ccc(OC2CCSC2)nc1. The van der Waals surface area contributed by atoms with Crippen LogP contribution in [0.25, 0.3) is 11.0 Å². The maximum atomic E-state index is 12.4. The molecule has 0 bridgehead atoms. The number of fused-ring (bicyclic) bond motifs is 1. The molecule has 122 valence electrons. The molecule has 6 nitrogen and oxygen atoms in total. The monoisotopic (exact) mass is 358 g/mol. The van der Waals surface area contributed by atoms with E-state index >= 15 is 0 Å². The minimum atomic E-state index is -0.231. The minimum absolute atomic E-state index is 0.219. The molecule has 1 N–H and O–H groups in total. The summed E-state index contributed by atoms with van der Waals surface area (Å²) in [4.78, 5) is 16.6. The summed E-state index contributed by atoms with van der Waals surface area (Å²) in [5, 5.41) is 2.86. The zero-order valence-corrected chi connectivity index (χ0v) is 14.3. The molecule has 1 unspecified atom stereocenters. The molecular weight excluding hydrogens is 344 g/mol. The van der Waals surface area contributed by atoms with E-state index in [9.17, 15) is 4.79 Å². The number of anilines is 1. The molecule has 0 aliphatic carbocycles. The van der Waals surface area contributed by atoms with Gasteiger partial charge in [-0.15, -0.1) is 0 Å². The first-order valence-corrected chi connectivity index (χ1v) is 9.41. The van der Waals surface area contributed by atoms with Crippen LogP contribution in [0.1, 0.15) is 16.8 Å². The fraction of sp³-hybridized carbons (Fsp3) is 0.250. The Kier molecular flexibility index (Phi) is 4.31.